The molecule has 6 heteroatoms. The highest BCUT2D eigenvalue weighted by atomic mass is 32.1. The molecule has 0 N–H and O–H groups in total. The van der Waals surface area contributed by atoms with Crippen molar-refractivity contribution in [3.63, 3.8) is 0 Å². The summed E-state index contributed by atoms with van der Waals surface area (Å²) >= 11 is 1.68. The van der Waals surface area contributed by atoms with Crippen molar-refractivity contribution in [3.8, 4) is 10.8 Å². The highest BCUT2D eigenvalue weighted by Crippen LogP contribution is 2.34. The van der Waals surface area contributed by atoms with E-state index in [1.54, 1.807) is 17.5 Å². The number of aromatic nitrogens is 3. The third-order valence-corrected chi connectivity index (χ3v) is 5.14. The number of hydrogen-bond donors (Lipinski definition) is 0. The van der Waals surface area contributed by atoms with E-state index in [2.05, 4.69) is 39.1 Å². The maximum atomic E-state index is 5.97. The molecule has 0 spiro atoms. The van der Waals surface area contributed by atoms with Crippen LogP contribution in [-0.2, 0) is 6.54 Å². The first kappa shape index (κ1) is 14.5. The van der Waals surface area contributed by atoms with Gasteiger partial charge in [0.15, 0.2) is 0 Å². The van der Waals surface area contributed by atoms with Crippen molar-refractivity contribution in [2.45, 2.75) is 32.4 Å². The van der Waals surface area contributed by atoms with E-state index in [4.69, 9.17) is 4.42 Å². The van der Waals surface area contributed by atoms with Gasteiger partial charge in [0.25, 0.3) is 5.89 Å². The average Bonchev–Trinajstić information content (AvgIpc) is 3.28. The first-order valence-corrected chi connectivity index (χ1v) is 8.64. The third-order valence-electron chi connectivity index (χ3n) is 4.15. The Hall–Kier alpha value is -2.05. The molecule has 1 aliphatic rings. The van der Waals surface area contributed by atoms with Crippen LogP contribution in [0.15, 0.2) is 41.1 Å². The normalized spacial score (nSPS) is 18.6. The van der Waals surface area contributed by atoms with Crippen molar-refractivity contribution < 1.29 is 4.42 Å². The molecule has 0 aliphatic carbocycles. The highest BCUT2D eigenvalue weighted by molar-refractivity contribution is 7.15. The van der Waals surface area contributed by atoms with Gasteiger partial charge in [-0.15, -0.1) is 21.5 Å². The molecule has 1 aliphatic heterocycles. The fourth-order valence-corrected chi connectivity index (χ4v) is 3.83. The molecule has 23 heavy (non-hydrogen) atoms. The summed E-state index contributed by atoms with van der Waals surface area (Å²) < 4.78 is 5.97. The lowest BCUT2D eigenvalue weighted by Gasteiger charge is -2.21. The summed E-state index contributed by atoms with van der Waals surface area (Å²) in [5, 5.41) is 8.55. The minimum Gasteiger partial charge on any atom is -0.418 e. The number of thiophene rings is 1. The molecule has 0 aromatic carbocycles. The van der Waals surface area contributed by atoms with Crippen LogP contribution in [0.5, 0.6) is 0 Å². The van der Waals surface area contributed by atoms with Crippen molar-refractivity contribution >= 4 is 11.3 Å². The Kier molecular flexibility index (Phi) is 3.93. The summed E-state index contributed by atoms with van der Waals surface area (Å²) in [6.45, 7) is 4.00. The Morgan fingerprint density at radius 1 is 1.30 bits per heavy atom. The van der Waals surface area contributed by atoms with Gasteiger partial charge in [-0.1, -0.05) is 6.07 Å². The number of aryl methyl sites for hydroxylation is 1. The van der Waals surface area contributed by atoms with Crippen molar-refractivity contribution in [2.75, 3.05) is 6.54 Å². The molecule has 1 unspecified atom stereocenters. The zero-order valence-corrected chi connectivity index (χ0v) is 13.8. The molecule has 4 rings (SSSR count). The van der Waals surface area contributed by atoms with Gasteiger partial charge < -0.3 is 4.42 Å². The highest BCUT2D eigenvalue weighted by Gasteiger charge is 2.30. The second-order valence-electron chi connectivity index (χ2n) is 5.85. The quantitative estimate of drug-likeness (QED) is 0.729. The lowest BCUT2D eigenvalue weighted by atomic mass is 10.2. The number of pyridine rings is 1. The first-order chi connectivity index (χ1) is 11.3. The van der Waals surface area contributed by atoms with E-state index in [0.29, 0.717) is 5.89 Å². The van der Waals surface area contributed by atoms with Crippen LogP contribution in [-0.4, -0.2) is 26.6 Å². The van der Waals surface area contributed by atoms with Crippen LogP contribution >= 0.6 is 11.3 Å². The van der Waals surface area contributed by atoms with E-state index in [9.17, 15) is 0 Å². The summed E-state index contributed by atoms with van der Waals surface area (Å²) in [4.78, 5) is 8.88. The molecule has 3 aromatic rings. The molecule has 118 valence electrons. The Labute approximate surface area is 139 Å². The zero-order chi connectivity index (χ0) is 15.6. The number of rotatable bonds is 4. The van der Waals surface area contributed by atoms with E-state index in [-0.39, 0.29) is 6.04 Å². The average molecular weight is 326 g/mol. The monoisotopic (exact) mass is 326 g/mol. The standard InChI is InChI=1S/C17H18N4OS/c1-12-6-7-15(23-12)17-20-19-16(22-17)14-5-3-9-21(14)11-13-4-2-8-18-10-13/h2,4,6-8,10,14H,3,5,9,11H2,1H3. The zero-order valence-electron chi connectivity index (χ0n) is 13.0. The number of likely N-dealkylation sites (tertiary alicyclic amines) is 1. The number of hydrogen-bond acceptors (Lipinski definition) is 6. The Morgan fingerprint density at radius 2 is 2.26 bits per heavy atom. The molecule has 1 fully saturated rings. The van der Waals surface area contributed by atoms with Crippen molar-refractivity contribution in [1.82, 2.24) is 20.1 Å². The van der Waals surface area contributed by atoms with Gasteiger partial charge in [0.2, 0.25) is 5.89 Å². The lowest BCUT2D eigenvalue weighted by molar-refractivity contribution is 0.215. The van der Waals surface area contributed by atoms with Crippen molar-refractivity contribution in [3.05, 3.63) is 53.0 Å². The molecule has 1 saturated heterocycles. The van der Waals surface area contributed by atoms with Gasteiger partial charge in [0.05, 0.1) is 10.9 Å². The summed E-state index contributed by atoms with van der Waals surface area (Å²) in [5.41, 5.74) is 1.22. The molecule has 0 amide bonds. The molecule has 3 aromatic heterocycles. The minimum atomic E-state index is 0.206. The van der Waals surface area contributed by atoms with Gasteiger partial charge in [-0.05, 0) is 50.1 Å². The fourth-order valence-electron chi connectivity index (χ4n) is 3.04. The van der Waals surface area contributed by atoms with Crippen LogP contribution in [0.1, 0.15) is 35.2 Å². The van der Waals surface area contributed by atoms with Gasteiger partial charge in [-0.25, -0.2) is 0 Å². The smallest absolute Gasteiger partial charge is 0.257 e. The molecule has 0 saturated carbocycles. The molecule has 5 nitrogen and oxygen atoms in total. The maximum Gasteiger partial charge on any atom is 0.257 e. The summed E-state index contributed by atoms with van der Waals surface area (Å²) in [6, 6.07) is 8.41. The van der Waals surface area contributed by atoms with E-state index in [1.165, 1.54) is 10.4 Å². The predicted octanol–water partition coefficient (Wildman–Crippen LogP) is 3.84. The topological polar surface area (TPSA) is 55.1 Å². The molecular formula is C17H18N4OS. The van der Waals surface area contributed by atoms with Gasteiger partial charge >= 0.3 is 0 Å². The van der Waals surface area contributed by atoms with E-state index in [1.807, 2.05) is 18.3 Å². The van der Waals surface area contributed by atoms with E-state index in [0.717, 1.165) is 36.7 Å². The Morgan fingerprint density at radius 3 is 3.04 bits per heavy atom. The van der Waals surface area contributed by atoms with E-state index < -0.39 is 0 Å². The fraction of sp³-hybridized carbons (Fsp3) is 0.353. The summed E-state index contributed by atoms with van der Waals surface area (Å²) in [6.07, 6.45) is 5.94. The third kappa shape index (κ3) is 3.04. The Balaban J connectivity index is 1.54. The molecule has 0 radical (unpaired) electrons. The maximum absolute atomic E-state index is 5.97. The lowest BCUT2D eigenvalue weighted by Crippen LogP contribution is -2.23. The van der Waals surface area contributed by atoms with Gasteiger partial charge in [-0.3, -0.25) is 9.88 Å². The van der Waals surface area contributed by atoms with E-state index >= 15 is 0 Å². The van der Waals surface area contributed by atoms with Crippen LogP contribution in [0, 0.1) is 6.92 Å². The van der Waals surface area contributed by atoms with Crippen molar-refractivity contribution in [2.24, 2.45) is 0 Å². The van der Waals surface area contributed by atoms with Gasteiger partial charge in [0, 0.05) is 23.8 Å². The second kappa shape index (κ2) is 6.22. The van der Waals surface area contributed by atoms with Crippen LogP contribution < -0.4 is 0 Å². The summed E-state index contributed by atoms with van der Waals surface area (Å²) in [5.74, 6) is 1.36. The first-order valence-electron chi connectivity index (χ1n) is 7.83. The summed E-state index contributed by atoms with van der Waals surface area (Å²) in [7, 11) is 0. The largest absolute Gasteiger partial charge is 0.418 e. The molecular weight excluding hydrogens is 308 g/mol. The number of nitrogens with zero attached hydrogens (tertiary/aromatic N) is 4. The van der Waals surface area contributed by atoms with Crippen molar-refractivity contribution in [1.29, 1.82) is 0 Å². The van der Waals surface area contributed by atoms with Gasteiger partial charge in [-0.2, -0.15) is 0 Å². The van der Waals surface area contributed by atoms with Crippen LogP contribution in [0.3, 0.4) is 0 Å². The van der Waals surface area contributed by atoms with Crippen LogP contribution in [0.4, 0.5) is 0 Å². The van der Waals surface area contributed by atoms with Gasteiger partial charge in [0.1, 0.15) is 0 Å². The molecule has 0 bridgehead atoms. The second-order valence-corrected chi connectivity index (χ2v) is 7.13. The Bertz CT molecular complexity index is 783. The SMILES string of the molecule is Cc1ccc(-c2nnc(C3CCCN3Cc3cccnc3)o2)s1. The van der Waals surface area contributed by atoms with Crippen LogP contribution in [0.2, 0.25) is 0 Å². The van der Waals surface area contributed by atoms with Crippen LogP contribution in [0.25, 0.3) is 10.8 Å². The molecule has 1 atom stereocenters. The predicted molar refractivity (Wildman–Crippen MR) is 89.0 cm³/mol. The minimum absolute atomic E-state index is 0.206. The molecule has 4 heterocycles.